The molecule has 588 valence electrons. The molecule has 17 heterocycles. The predicted molar refractivity (Wildman–Crippen MR) is 412 cm³/mol. The van der Waals surface area contributed by atoms with Gasteiger partial charge in [-0.15, -0.1) is 0 Å². The number of ketones is 1. The minimum absolute atomic E-state index is 0.0541. The Balaban J connectivity index is 0.000000121. The number of halogens is 5. The molecular weight excluding hydrogens is 1510 g/mol. The summed E-state index contributed by atoms with van der Waals surface area (Å²) in [4.78, 5) is 87.6. The predicted octanol–water partition coefficient (Wildman–Crippen LogP) is 3.61. The largest absolute Gasteiger partial charge is 0.496 e. The van der Waals surface area contributed by atoms with Gasteiger partial charge >= 0.3 is 18.3 Å². The number of hydrogen-bond donors (Lipinski definition) is 10. The number of rotatable bonds is 8. The van der Waals surface area contributed by atoms with Gasteiger partial charge in [0.1, 0.15) is 11.4 Å². The molecule has 0 saturated heterocycles. The SMILES string of the molecule is CC(=O)C1=NCc2c(N)c(C)nn21.COc1ccccc1C1=NCc2cc(C(N)=O)nn21.Cc1nn2c(c1N)CN=C2C(F)(F)F.Cc1nn2c(c1N)CN=C2Cl.Cc1nn2c(c1N)CN=C2F.Cc1nn2c(c1N)CNC2=O.NC(=O)c1cc2n(n1)C(c1ccccc1N)=NC2.NC(=O)c1cc2n(n1)C(c1ccccn1)=NC2. The summed E-state index contributed by atoms with van der Waals surface area (Å²) < 4.78 is 66.3. The molecule has 0 fully saturated rings. The number of fused-ring (bicyclic) bond motifs is 8. The van der Waals surface area contributed by atoms with Crippen molar-refractivity contribution in [3.8, 4) is 5.75 Å². The van der Waals surface area contributed by atoms with Gasteiger partial charge in [0.25, 0.3) is 17.7 Å². The van der Waals surface area contributed by atoms with Gasteiger partial charge in [0.15, 0.2) is 46.2 Å². The number of ether oxygens (including phenoxy) is 1. The van der Waals surface area contributed by atoms with Crippen LogP contribution in [0, 0.1) is 34.6 Å². The number of pyridine rings is 1. The summed E-state index contributed by atoms with van der Waals surface area (Å²) in [5.41, 5.74) is 65.6. The van der Waals surface area contributed by atoms with E-state index in [4.69, 9.17) is 67.9 Å². The normalized spacial score (nSPS) is 14.1. The molecule has 11 aromatic rings. The van der Waals surface area contributed by atoms with Crippen LogP contribution in [0.5, 0.6) is 5.75 Å². The van der Waals surface area contributed by atoms with Gasteiger partial charge in [-0.3, -0.25) is 49.1 Å². The first-order valence-electron chi connectivity index (χ1n) is 34.0. The zero-order chi connectivity index (χ0) is 82.0. The van der Waals surface area contributed by atoms with Crippen molar-refractivity contribution in [3.05, 3.63) is 199 Å². The number of anilines is 6. The number of primary amides is 3. The van der Waals surface area contributed by atoms with E-state index in [9.17, 15) is 41.5 Å². The minimum atomic E-state index is -4.48. The number of carbonyl (C=O) groups excluding carboxylic acids is 5. The van der Waals surface area contributed by atoms with Crippen LogP contribution in [0.15, 0.2) is 126 Å². The molecular formula is C69H71ClF4N34O6. The Morgan fingerprint density at radius 2 is 0.895 bits per heavy atom. The molecule has 114 heavy (non-hydrogen) atoms. The van der Waals surface area contributed by atoms with Crippen molar-refractivity contribution in [2.75, 3.05) is 41.5 Å². The Bertz CT molecular complexity index is 5850. The standard InChI is InChI=1S/C13H12N4O2.C12H11N5O.C11H9N5O.C8H10N4O.C7H7F3N4.C6H7ClN4.C6H7FN4.C6H8N4O/c1-19-11-5-3-2-4-9(11)13-15-7-8-6-10(12(14)18)16-17(8)13;13-9-4-2-1-3-8(9)12-15-6-7-5-10(11(14)18)16-17(7)12;12-10(17)9-5-7-6-14-11(16(7)15-9)8-3-1-2-4-13-8;1-4-7(9)6-3-10-8(5(2)13)12(6)11-4;1-3-5(11)4-2-12-6(7(8,9)10)14(4)13-3;2*1-3-5(8)4-2-9-6(7)11(4)10-3;1-3-5(7)4-2-8-6(11)10(4)9-3/h2-6H,7H2,1H3,(H2,14,18);1-5H,6,13H2,(H2,14,18);1-5H,6H2,(H2,12,17);3,9H2,1-2H3;2,11H2,1H3;2*2,8H2,1H3;2,7H2,1H3,(H,8,11). The van der Waals surface area contributed by atoms with Crippen LogP contribution in [-0.2, 0) is 57.2 Å². The van der Waals surface area contributed by atoms with Gasteiger partial charge < -0.3 is 61.7 Å². The zero-order valence-corrected chi connectivity index (χ0v) is 62.3. The van der Waals surface area contributed by atoms with Gasteiger partial charge in [0.2, 0.25) is 11.1 Å². The van der Waals surface area contributed by atoms with E-state index < -0.39 is 35.8 Å². The maximum absolute atomic E-state index is 12.7. The molecule has 2 aromatic carbocycles. The molecule has 19 N–H and O–H groups in total. The van der Waals surface area contributed by atoms with Gasteiger partial charge in [0, 0.05) is 24.4 Å². The van der Waals surface area contributed by atoms with E-state index in [2.05, 4.69) is 86.0 Å². The van der Waals surface area contributed by atoms with Crippen molar-refractivity contribution >= 4 is 116 Å². The second-order valence-electron chi connectivity index (χ2n) is 25.3. The first-order valence-corrected chi connectivity index (χ1v) is 34.4. The molecule has 4 amide bonds. The van der Waals surface area contributed by atoms with E-state index >= 15 is 0 Å². The Hall–Kier alpha value is -14.9. The Labute approximate surface area is 646 Å². The summed E-state index contributed by atoms with van der Waals surface area (Å²) in [6.07, 6.45) is -3.36. The number of carbonyl (C=O) groups is 5. The van der Waals surface area contributed by atoms with Crippen LogP contribution in [0.4, 0.5) is 56.5 Å². The number of benzene rings is 2. The van der Waals surface area contributed by atoms with Gasteiger partial charge in [-0.2, -0.15) is 67.7 Å². The molecule has 0 saturated carbocycles. The molecule has 0 unspecified atom stereocenters. The quantitative estimate of drug-likeness (QED) is 0.0767. The monoisotopic (exact) mass is 1580 g/mol. The second-order valence-corrected chi connectivity index (χ2v) is 25.6. The lowest BCUT2D eigenvalue weighted by atomic mass is 10.1. The third kappa shape index (κ3) is 15.7. The average molecular weight is 1580 g/mol. The summed E-state index contributed by atoms with van der Waals surface area (Å²) >= 11 is 5.72. The second kappa shape index (κ2) is 32.0. The van der Waals surface area contributed by atoms with Crippen LogP contribution < -0.4 is 61.7 Å². The number of nitrogens with two attached hydrogens (primary N) is 9. The number of alkyl halides is 3. The van der Waals surface area contributed by atoms with E-state index in [0.29, 0.717) is 131 Å². The highest BCUT2D eigenvalue weighted by molar-refractivity contribution is 6.65. The number of amides is 4. The molecule has 40 nitrogen and oxygen atoms in total. The summed E-state index contributed by atoms with van der Waals surface area (Å²) in [7, 11) is 1.60. The minimum Gasteiger partial charge on any atom is -0.496 e. The van der Waals surface area contributed by atoms with E-state index in [1.807, 2.05) is 74.5 Å². The van der Waals surface area contributed by atoms with E-state index in [1.165, 1.54) is 16.3 Å². The number of aryl methyl sites for hydroxylation is 5. The molecule has 0 atom stereocenters. The van der Waals surface area contributed by atoms with E-state index in [0.717, 1.165) is 77.4 Å². The lowest BCUT2D eigenvalue weighted by Gasteiger charge is -2.08. The number of aliphatic imine (C=N–C) groups is 7. The van der Waals surface area contributed by atoms with Crippen LogP contribution in [0.2, 0.25) is 0 Å². The summed E-state index contributed by atoms with van der Waals surface area (Å²) in [5.74, 6) is 0.364. The number of nitrogens with one attached hydrogen (secondary N) is 1. The molecule has 8 aliphatic heterocycles. The highest BCUT2D eigenvalue weighted by Gasteiger charge is 2.42. The highest BCUT2D eigenvalue weighted by atomic mass is 35.5. The van der Waals surface area contributed by atoms with Crippen molar-refractivity contribution in [2.24, 2.45) is 52.1 Å². The molecule has 8 aliphatic rings. The average Bonchev–Trinajstić information content (AvgIpc) is 1.60. The topological polar surface area (TPSA) is 583 Å². The first-order chi connectivity index (χ1) is 54.2. The van der Waals surface area contributed by atoms with Crippen LogP contribution in [0.1, 0.15) is 129 Å². The van der Waals surface area contributed by atoms with Crippen molar-refractivity contribution in [2.45, 2.75) is 100 Å². The Kier molecular flexibility index (Phi) is 22.1. The first kappa shape index (κ1) is 78.7. The lowest BCUT2D eigenvalue weighted by molar-refractivity contribution is -0.111. The number of para-hydroxylation sites is 2. The molecule has 19 rings (SSSR count). The third-order valence-corrected chi connectivity index (χ3v) is 18.0. The van der Waals surface area contributed by atoms with E-state index in [-0.39, 0.29) is 41.1 Å². The third-order valence-electron chi connectivity index (χ3n) is 17.8. The molecule has 0 bridgehead atoms. The number of nitrogens with zero attached hydrogens (tertiary/aromatic N) is 24. The van der Waals surface area contributed by atoms with Crippen LogP contribution in [0.25, 0.3) is 0 Å². The van der Waals surface area contributed by atoms with Crippen molar-refractivity contribution in [1.82, 2.24) is 88.5 Å². The fraction of sp³-hybridized carbons (Fsp3) is 0.232. The van der Waals surface area contributed by atoms with Crippen molar-refractivity contribution in [1.29, 1.82) is 0 Å². The van der Waals surface area contributed by atoms with Crippen LogP contribution >= 0.6 is 11.6 Å². The summed E-state index contributed by atoms with van der Waals surface area (Å²) in [6, 6.07) is 25.3. The molecule has 45 heteroatoms. The smallest absolute Gasteiger partial charge is 0.451 e. The fourth-order valence-corrected chi connectivity index (χ4v) is 12.1. The molecule has 0 aliphatic carbocycles. The number of hydrogen-bond acceptors (Lipinski definition) is 28. The number of nitrogen functional groups attached to an aromatic ring is 6. The zero-order valence-electron chi connectivity index (χ0n) is 61.6. The maximum atomic E-state index is 12.7. The van der Waals surface area contributed by atoms with E-state index in [1.54, 1.807) is 77.1 Å². The van der Waals surface area contributed by atoms with Crippen LogP contribution in [0.3, 0.4) is 0 Å². The number of methoxy groups -OCH3 is 1. The molecule has 0 radical (unpaired) electrons. The number of aromatic nitrogens is 17. The molecule has 9 aromatic heterocycles. The van der Waals surface area contributed by atoms with Gasteiger partial charge in [-0.25, -0.2) is 42.9 Å². The van der Waals surface area contributed by atoms with Gasteiger partial charge in [0.05, 0.1) is 167 Å². The fourth-order valence-electron chi connectivity index (χ4n) is 11.9. The Morgan fingerprint density at radius 1 is 0.474 bits per heavy atom. The highest BCUT2D eigenvalue weighted by Crippen LogP contribution is 2.31. The molecule has 0 spiro atoms. The lowest BCUT2D eigenvalue weighted by Crippen LogP contribution is -2.29. The Morgan fingerprint density at radius 3 is 1.39 bits per heavy atom. The summed E-state index contributed by atoms with van der Waals surface area (Å²) in [5, 5.41) is 35.2. The van der Waals surface area contributed by atoms with Crippen molar-refractivity contribution in [3.63, 3.8) is 0 Å². The van der Waals surface area contributed by atoms with Gasteiger partial charge in [-0.1, -0.05) is 30.3 Å². The van der Waals surface area contributed by atoms with Crippen LogP contribution in [-0.4, -0.2) is 167 Å². The summed E-state index contributed by atoms with van der Waals surface area (Å²) in [6.45, 7) is 13.4. The number of Topliss-reactive ketones (excluding diaryl/α,β-unsaturated/α-hetero) is 1. The van der Waals surface area contributed by atoms with Crippen molar-refractivity contribution < 1.29 is 46.3 Å². The van der Waals surface area contributed by atoms with Gasteiger partial charge in [-0.05, 0) is 101 Å². The maximum Gasteiger partial charge on any atom is 0.451 e.